The fourth-order valence-corrected chi connectivity index (χ4v) is 2.71. The number of carbonyl (C=O) groups is 4. The van der Waals surface area contributed by atoms with E-state index in [0.717, 1.165) is 31.7 Å². The molecule has 172 valence electrons. The smallest absolute Gasteiger partial charge is 0.338 e. The second-order valence-electron chi connectivity index (χ2n) is 7.09. The molecule has 0 bridgehead atoms. The molecular formula is C24H28O8. The van der Waals surface area contributed by atoms with Crippen molar-refractivity contribution in [1.29, 1.82) is 0 Å². The summed E-state index contributed by atoms with van der Waals surface area (Å²) in [6, 6.07) is 11.0. The monoisotopic (exact) mass is 444 g/mol. The van der Waals surface area contributed by atoms with Gasteiger partial charge < -0.3 is 20.1 Å². The minimum absolute atomic E-state index is 0.0186. The molecule has 8 heteroatoms. The lowest BCUT2D eigenvalue weighted by molar-refractivity contribution is 0.0427. The molecule has 1 unspecified atom stereocenters. The molecule has 0 spiro atoms. The third-order valence-electron chi connectivity index (χ3n) is 4.72. The summed E-state index contributed by atoms with van der Waals surface area (Å²) in [5.41, 5.74) is 0.515. The number of ether oxygens (including phenoxy) is 1. The van der Waals surface area contributed by atoms with Crippen molar-refractivity contribution in [2.75, 3.05) is 6.61 Å². The highest BCUT2D eigenvalue weighted by Crippen LogP contribution is 2.14. The number of hydrogen-bond acceptors (Lipinski definition) is 5. The topological polar surface area (TPSA) is 138 Å². The van der Waals surface area contributed by atoms with E-state index in [1.807, 2.05) is 0 Å². The predicted molar refractivity (Wildman–Crippen MR) is 117 cm³/mol. The first-order valence-electron chi connectivity index (χ1n) is 10.3. The summed E-state index contributed by atoms with van der Waals surface area (Å²) >= 11 is 0. The third-order valence-corrected chi connectivity index (χ3v) is 4.72. The zero-order valence-corrected chi connectivity index (χ0v) is 18.1. The molecule has 0 aliphatic carbocycles. The highest BCUT2D eigenvalue weighted by molar-refractivity contribution is 5.94. The van der Waals surface area contributed by atoms with Crippen LogP contribution >= 0.6 is 0 Å². The zero-order valence-electron chi connectivity index (χ0n) is 18.1. The van der Waals surface area contributed by atoms with Crippen LogP contribution in [-0.2, 0) is 4.74 Å². The highest BCUT2D eigenvalue weighted by Gasteiger charge is 2.12. The molecule has 0 radical (unpaired) electrons. The van der Waals surface area contributed by atoms with E-state index in [2.05, 4.69) is 13.8 Å². The van der Waals surface area contributed by atoms with Crippen molar-refractivity contribution in [3.05, 3.63) is 70.8 Å². The summed E-state index contributed by atoms with van der Waals surface area (Å²) in [6.07, 6.45) is 4.34. The summed E-state index contributed by atoms with van der Waals surface area (Å²) < 4.78 is 5.29. The Morgan fingerprint density at radius 2 is 1.28 bits per heavy atom. The van der Waals surface area contributed by atoms with E-state index in [9.17, 15) is 19.2 Å². The first-order chi connectivity index (χ1) is 15.2. The number of hydrogen-bond donors (Lipinski definition) is 3. The van der Waals surface area contributed by atoms with Crippen molar-refractivity contribution in [2.24, 2.45) is 5.92 Å². The van der Waals surface area contributed by atoms with Gasteiger partial charge in [-0.15, -0.1) is 0 Å². The summed E-state index contributed by atoms with van der Waals surface area (Å²) in [6.45, 7) is 4.66. The van der Waals surface area contributed by atoms with Gasteiger partial charge in [-0.25, -0.2) is 19.2 Å². The molecule has 3 N–H and O–H groups in total. The van der Waals surface area contributed by atoms with Crippen molar-refractivity contribution >= 4 is 23.9 Å². The lowest BCUT2D eigenvalue weighted by Gasteiger charge is -2.14. The fraction of sp³-hybridized carbons (Fsp3) is 0.333. The van der Waals surface area contributed by atoms with E-state index in [1.54, 1.807) is 0 Å². The summed E-state index contributed by atoms with van der Waals surface area (Å²) in [4.78, 5) is 43.3. The SMILES string of the molecule is CCCCC(CC)COC(=O)c1ccc(C(=O)O)cc1.O=C(O)c1cccc(C(=O)O)c1. The minimum Gasteiger partial charge on any atom is -0.478 e. The number of benzene rings is 2. The van der Waals surface area contributed by atoms with Crippen LogP contribution in [-0.4, -0.2) is 45.8 Å². The average molecular weight is 444 g/mol. The van der Waals surface area contributed by atoms with Gasteiger partial charge in [-0.2, -0.15) is 0 Å². The molecule has 0 aromatic heterocycles. The number of rotatable bonds is 10. The Hall–Kier alpha value is -3.68. The number of carboxylic acids is 3. The van der Waals surface area contributed by atoms with Crippen LogP contribution in [0, 0.1) is 5.92 Å². The normalized spacial score (nSPS) is 10.9. The highest BCUT2D eigenvalue weighted by atomic mass is 16.5. The summed E-state index contributed by atoms with van der Waals surface area (Å²) in [5, 5.41) is 25.8. The van der Waals surface area contributed by atoms with E-state index in [4.69, 9.17) is 20.1 Å². The van der Waals surface area contributed by atoms with Gasteiger partial charge in [0.2, 0.25) is 0 Å². The Kier molecular flexibility index (Phi) is 11.2. The molecule has 0 fully saturated rings. The third kappa shape index (κ3) is 8.99. The molecule has 2 aromatic carbocycles. The van der Waals surface area contributed by atoms with Gasteiger partial charge in [0.05, 0.1) is 28.9 Å². The number of carboxylic acid groups (broad SMARTS) is 3. The van der Waals surface area contributed by atoms with Gasteiger partial charge in [0.25, 0.3) is 0 Å². The lowest BCUT2D eigenvalue weighted by Crippen LogP contribution is -2.14. The molecule has 2 aromatic rings. The fourth-order valence-electron chi connectivity index (χ4n) is 2.71. The van der Waals surface area contributed by atoms with Gasteiger partial charge in [0.1, 0.15) is 0 Å². The van der Waals surface area contributed by atoms with Gasteiger partial charge in [0.15, 0.2) is 0 Å². The predicted octanol–water partition coefficient (Wildman–Crippen LogP) is 4.84. The maximum atomic E-state index is 11.9. The van der Waals surface area contributed by atoms with E-state index < -0.39 is 23.9 Å². The van der Waals surface area contributed by atoms with Gasteiger partial charge >= 0.3 is 23.9 Å². The largest absolute Gasteiger partial charge is 0.478 e. The molecule has 0 aliphatic heterocycles. The number of aromatic carboxylic acids is 3. The van der Waals surface area contributed by atoms with Crippen LogP contribution < -0.4 is 0 Å². The van der Waals surface area contributed by atoms with Gasteiger partial charge in [-0.3, -0.25) is 0 Å². The quantitative estimate of drug-likeness (QED) is 0.443. The Morgan fingerprint density at radius 1 is 0.781 bits per heavy atom. The van der Waals surface area contributed by atoms with Crippen LogP contribution in [0.2, 0.25) is 0 Å². The second-order valence-corrected chi connectivity index (χ2v) is 7.09. The molecular weight excluding hydrogens is 416 g/mol. The van der Waals surface area contributed by atoms with Gasteiger partial charge in [0, 0.05) is 0 Å². The maximum Gasteiger partial charge on any atom is 0.338 e. The molecule has 8 nitrogen and oxygen atoms in total. The summed E-state index contributed by atoms with van der Waals surface area (Å²) in [5.74, 6) is -3.25. The van der Waals surface area contributed by atoms with Crippen molar-refractivity contribution in [2.45, 2.75) is 39.5 Å². The van der Waals surface area contributed by atoms with Crippen molar-refractivity contribution < 1.29 is 39.2 Å². The van der Waals surface area contributed by atoms with Crippen molar-refractivity contribution in [3.63, 3.8) is 0 Å². The average Bonchev–Trinajstić information content (AvgIpc) is 2.79. The van der Waals surface area contributed by atoms with E-state index >= 15 is 0 Å². The Labute approximate surface area is 186 Å². The molecule has 32 heavy (non-hydrogen) atoms. The Bertz CT molecular complexity index is 889. The van der Waals surface area contributed by atoms with Crippen LogP contribution in [0.4, 0.5) is 0 Å². The zero-order chi connectivity index (χ0) is 24.1. The number of unbranched alkanes of at least 4 members (excludes halogenated alkanes) is 1. The summed E-state index contributed by atoms with van der Waals surface area (Å²) in [7, 11) is 0. The molecule has 2 rings (SSSR count). The number of esters is 1. The standard InChI is InChI=1S/C16H22O4.C8H6O4/c1-3-5-6-12(4-2)11-20-16(19)14-9-7-13(8-10-14)15(17)18;9-7(10)5-2-1-3-6(4-5)8(11)12/h7-10,12H,3-6,11H2,1-2H3,(H,17,18);1-4H,(H,9,10)(H,11,12). The van der Waals surface area contributed by atoms with Crippen LogP contribution in [0.5, 0.6) is 0 Å². The molecule has 0 saturated heterocycles. The lowest BCUT2D eigenvalue weighted by atomic mass is 10.0. The second kappa shape index (κ2) is 13.6. The molecule has 0 amide bonds. The van der Waals surface area contributed by atoms with Gasteiger partial charge in [-0.05, 0) is 54.8 Å². The maximum absolute atomic E-state index is 11.9. The van der Waals surface area contributed by atoms with Crippen LogP contribution in [0.3, 0.4) is 0 Å². The molecule has 1 atom stereocenters. The van der Waals surface area contributed by atoms with Crippen molar-refractivity contribution in [3.8, 4) is 0 Å². The van der Waals surface area contributed by atoms with E-state index in [-0.39, 0.29) is 16.7 Å². The first kappa shape index (κ1) is 26.4. The van der Waals surface area contributed by atoms with E-state index in [0.29, 0.717) is 18.1 Å². The van der Waals surface area contributed by atoms with Crippen molar-refractivity contribution in [1.82, 2.24) is 0 Å². The van der Waals surface area contributed by atoms with Crippen LogP contribution in [0.1, 0.15) is 81.0 Å². The van der Waals surface area contributed by atoms with Gasteiger partial charge in [-0.1, -0.05) is 39.2 Å². The van der Waals surface area contributed by atoms with Crippen LogP contribution in [0.15, 0.2) is 48.5 Å². The Balaban J connectivity index is 0.000000363. The van der Waals surface area contributed by atoms with E-state index in [1.165, 1.54) is 42.5 Å². The minimum atomic E-state index is -1.13. The molecule has 0 saturated carbocycles. The number of carbonyl (C=O) groups excluding carboxylic acids is 1. The molecule has 0 aliphatic rings. The van der Waals surface area contributed by atoms with Crippen LogP contribution in [0.25, 0.3) is 0 Å². The molecule has 0 heterocycles. The Morgan fingerprint density at radius 3 is 1.72 bits per heavy atom. The first-order valence-corrected chi connectivity index (χ1v) is 10.3.